The fourth-order valence-electron chi connectivity index (χ4n) is 1.98. The van der Waals surface area contributed by atoms with Crippen molar-refractivity contribution in [3.8, 4) is 5.75 Å². The molecule has 0 aliphatic rings. The molecule has 1 rings (SSSR count). The van der Waals surface area contributed by atoms with Crippen molar-refractivity contribution >= 4 is 0 Å². The normalized spacial score (nSPS) is 13.3. The van der Waals surface area contributed by atoms with Gasteiger partial charge in [0.05, 0.1) is 24.4 Å². The summed E-state index contributed by atoms with van der Waals surface area (Å²) >= 11 is 0. The van der Waals surface area contributed by atoms with E-state index in [0.717, 1.165) is 24.3 Å². The van der Waals surface area contributed by atoms with Crippen molar-refractivity contribution in [2.75, 3.05) is 20.3 Å². The Labute approximate surface area is 116 Å². The highest BCUT2D eigenvalue weighted by Crippen LogP contribution is 2.29. The Morgan fingerprint density at radius 3 is 2.63 bits per heavy atom. The number of hydrogen-bond donors (Lipinski definition) is 1. The Bertz CT molecular complexity index is 380. The molecule has 0 fully saturated rings. The van der Waals surface area contributed by atoms with Crippen LogP contribution in [0.3, 0.4) is 0 Å². The smallest absolute Gasteiger partial charge is 0.137 e. The van der Waals surface area contributed by atoms with Crippen LogP contribution in [0.15, 0.2) is 18.5 Å². The SMILES string of the molecule is CCCOc1cncc(C(NCC)C(C)(C)OC)c1. The second-order valence-corrected chi connectivity index (χ2v) is 5.10. The van der Waals surface area contributed by atoms with Crippen LogP contribution in [0.25, 0.3) is 0 Å². The minimum Gasteiger partial charge on any atom is -0.492 e. The topological polar surface area (TPSA) is 43.4 Å². The first-order valence-electron chi connectivity index (χ1n) is 6.91. The Balaban J connectivity index is 2.95. The Hall–Kier alpha value is -1.13. The molecule has 108 valence electrons. The van der Waals surface area contributed by atoms with Gasteiger partial charge >= 0.3 is 0 Å². The summed E-state index contributed by atoms with van der Waals surface area (Å²) in [6.45, 7) is 9.90. The number of rotatable bonds is 8. The second kappa shape index (κ2) is 7.46. The molecule has 1 aromatic heterocycles. The third kappa shape index (κ3) is 4.48. The van der Waals surface area contributed by atoms with E-state index in [1.807, 2.05) is 12.3 Å². The molecular formula is C15H26N2O2. The summed E-state index contributed by atoms with van der Waals surface area (Å²) in [7, 11) is 1.73. The zero-order valence-corrected chi connectivity index (χ0v) is 12.7. The molecular weight excluding hydrogens is 240 g/mol. The molecule has 4 nitrogen and oxygen atoms in total. The largest absolute Gasteiger partial charge is 0.492 e. The van der Waals surface area contributed by atoms with Crippen molar-refractivity contribution in [2.45, 2.75) is 45.8 Å². The maximum atomic E-state index is 5.64. The number of ether oxygens (including phenoxy) is 2. The van der Waals surface area contributed by atoms with E-state index >= 15 is 0 Å². The molecule has 1 N–H and O–H groups in total. The lowest BCUT2D eigenvalue weighted by molar-refractivity contribution is -0.0108. The molecule has 0 amide bonds. The van der Waals surface area contributed by atoms with Gasteiger partial charge in [-0.15, -0.1) is 0 Å². The van der Waals surface area contributed by atoms with Crippen molar-refractivity contribution in [1.82, 2.24) is 10.3 Å². The van der Waals surface area contributed by atoms with E-state index in [2.05, 4.69) is 38.0 Å². The van der Waals surface area contributed by atoms with Crippen molar-refractivity contribution in [1.29, 1.82) is 0 Å². The zero-order valence-electron chi connectivity index (χ0n) is 12.7. The highest BCUT2D eigenvalue weighted by atomic mass is 16.5. The quantitative estimate of drug-likeness (QED) is 0.785. The van der Waals surface area contributed by atoms with Crippen LogP contribution < -0.4 is 10.1 Å². The van der Waals surface area contributed by atoms with Crippen LogP contribution >= 0.6 is 0 Å². The van der Waals surface area contributed by atoms with Crippen molar-refractivity contribution in [3.63, 3.8) is 0 Å². The molecule has 1 aromatic rings. The Morgan fingerprint density at radius 1 is 1.32 bits per heavy atom. The zero-order chi connectivity index (χ0) is 14.3. The van der Waals surface area contributed by atoms with Crippen LogP contribution in [0.1, 0.15) is 45.7 Å². The molecule has 0 radical (unpaired) electrons. The number of aromatic nitrogens is 1. The fourth-order valence-corrected chi connectivity index (χ4v) is 1.98. The second-order valence-electron chi connectivity index (χ2n) is 5.10. The molecule has 4 heteroatoms. The lowest BCUT2D eigenvalue weighted by Gasteiger charge is -2.34. The number of likely N-dealkylation sites (N-methyl/N-ethyl adjacent to an activating group) is 1. The van der Waals surface area contributed by atoms with E-state index in [1.165, 1.54) is 0 Å². The maximum Gasteiger partial charge on any atom is 0.137 e. The molecule has 1 unspecified atom stereocenters. The Kier molecular flexibility index (Phi) is 6.25. The predicted octanol–water partition coefficient (Wildman–Crippen LogP) is 2.95. The van der Waals surface area contributed by atoms with Crippen LogP contribution in [0.2, 0.25) is 0 Å². The van der Waals surface area contributed by atoms with Gasteiger partial charge < -0.3 is 14.8 Å². The van der Waals surface area contributed by atoms with Crippen LogP contribution in [-0.4, -0.2) is 30.8 Å². The van der Waals surface area contributed by atoms with Crippen LogP contribution in [0.5, 0.6) is 5.75 Å². The van der Waals surface area contributed by atoms with E-state index in [1.54, 1.807) is 13.3 Å². The van der Waals surface area contributed by atoms with Crippen LogP contribution in [-0.2, 0) is 4.74 Å². The van der Waals surface area contributed by atoms with Crippen LogP contribution in [0.4, 0.5) is 0 Å². The number of methoxy groups -OCH3 is 1. The standard InChI is InChI=1S/C15H26N2O2/c1-6-8-19-13-9-12(10-16-11-13)14(17-7-2)15(3,4)18-5/h9-11,14,17H,6-8H2,1-5H3. The van der Waals surface area contributed by atoms with Gasteiger partial charge in [-0.25, -0.2) is 0 Å². The third-order valence-corrected chi connectivity index (χ3v) is 3.17. The number of nitrogens with zero attached hydrogens (tertiary/aromatic N) is 1. The van der Waals surface area contributed by atoms with Crippen molar-refractivity contribution in [2.24, 2.45) is 0 Å². The third-order valence-electron chi connectivity index (χ3n) is 3.17. The summed E-state index contributed by atoms with van der Waals surface area (Å²) in [5.41, 5.74) is 0.781. The summed E-state index contributed by atoms with van der Waals surface area (Å²) in [6.07, 6.45) is 4.61. The summed E-state index contributed by atoms with van der Waals surface area (Å²) in [4.78, 5) is 4.27. The minimum atomic E-state index is -0.304. The fraction of sp³-hybridized carbons (Fsp3) is 0.667. The van der Waals surface area contributed by atoms with Gasteiger partial charge in [-0.2, -0.15) is 0 Å². The lowest BCUT2D eigenvalue weighted by atomic mass is 9.92. The average Bonchev–Trinajstić information content (AvgIpc) is 2.42. The van der Waals surface area contributed by atoms with Gasteiger partial charge in [0.15, 0.2) is 0 Å². The molecule has 0 spiro atoms. The molecule has 0 bridgehead atoms. The summed E-state index contributed by atoms with van der Waals surface area (Å²) in [5, 5.41) is 3.45. The highest BCUT2D eigenvalue weighted by molar-refractivity contribution is 5.27. The van der Waals surface area contributed by atoms with Crippen LogP contribution in [0, 0.1) is 0 Å². The van der Waals surface area contributed by atoms with Gasteiger partial charge in [-0.05, 0) is 38.4 Å². The molecule has 0 aromatic carbocycles. The molecule has 19 heavy (non-hydrogen) atoms. The number of nitrogens with one attached hydrogen (secondary N) is 1. The maximum absolute atomic E-state index is 5.64. The molecule has 0 aliphatic carbocycles. The van der Waals surface area contributed by atoms with Crippen molar-refractivity contribution < 1.29 is 9.47 Å². The van der Waals surface area contributed by atoms with Gasteiger partial charge in [-0.1, -0.05) is 13.8 Å². The predicted molar refractivity (Wildman–Crippen MR) is 77.5 cm³/mol. The first kappa shape index (κ1) is 15.9. The van der Waals surface area contributed by atoms with Gasteiger partial charge in [0.2, 0.25) is 0 Å². The van der Waals surface area contributed by atoms with E-state index < -0.39 is 0 Å². The highest BCUT2D eigenvalue weighted by Gasteiger charge is 2.30. The average molecular weight is 266 g/mol. The minimum absolute atomic E-state index is 0.0835. The van der Waals surface area contributed by atoms with E-state index in [4.69, 9.17) is 9.47 Å². The van der Waals surface area contributed by atoms with Gasteiger partial charge in [0, 0.05) is 13.3 Å². The number of hydrogen-bond acceptors (Lipinski definition) is 4. The van der Waals surface area contributed by atoms with E-state index in [0.29, 0.717) is 6.61 Å². The molecule has 0 saturated heterocycles. The first-order valence-corrected chi connectivity index (χ1v) is 6.91. The summed E-state index contributed by atoms with van der Waals surface area (Å²) in [6, 6.07) is 2.12. The van der Waals surface area contributed by atoms with Gasteiger partial charge in [0.1, 0.15) is 5.75 Å². The lowest BCUT2D eigenvalue weighted by Crippen LogP contribution is -2.40. The number of pyridine rings is 1. The molecule has 1 atom stereocenters. The molecule has 0 saturated carbocycles. The Morgan fingerprint density at radius 2 is 2.05 bits per heavy atom. The van der Waals surface area contributed by atoms with Gasteiger partial charge in [0.25, 0.3) is 0 Å². The van der Waals surface area contributed by atoms with E-state index in [9.17, 15) is 0 Å². The molecule has 0 aliphatic heterocycles. The summed E-state index contributed by atoms with van der Waals surface area (Å²) < 4.78 is 11.2. The van der Waals surface area contributed by atoms with E-state index in [-0.39, 0.29) is 11.6 Å². The van der Waals surface area contributed by atoms with Gasteiger partial charge in [-0.3, -0.25) is 4.98 Å². The first-order chi connectivity index (χ1) is 9.05. The summed E-state index contributed by atoms with van der Waals surface area (Å²) in [5.74, 6) is 0.814. The van der Waals surface area contributed by atoms with Crippen molar-refractivity contribution in [3.05, 3.63) is 24.0 Å². The monoisotopic (exact) mass is 266 g/mol. The molecule has 1 heterocycles.